The fraction of sp³-hybridized carbons (Fsp3) is 1.00. The molecular weight excluding hydrogens is 184 g/mol. The van der Waals surface area contributed by atoms with Gasteiger partial charge in [-0.05, 0) is 25.2 Å². The Morgan fingerprint density at radius 3 is 2.00 bits per heavy atom. The standard InChI is InChI=1S/C9H20.C5H10O/c1-4-6-7-8-9(3)5-2;1-2-4-6-5-3-1/h9H,4-8H2,1-3H3;1-5H2. The Bertz CT molecular complexity index is 96.4. The van der Waals surface area contributed by atoms with E-state index < -0.39 is 0 Å². The summed E-state index contributed by atoms with van der Waals surface area (Å²) in [6.07, 6.45) is 10.9. The average Bonchev–Trinajstić information content (AvgIpc) is 2.32. The molecule has 15 heavy (non-hydrogen) atoms. The molecule has 0 spiro atoms. The molecule has 0 aromatic heterocycles. The SMILES string of the molecule is C1CCOCC1.CCCCCC(C)CC. The van der Waals surface area contributed by atoms with Gasteiger partial charge in [-0.15, -0.1) is 0 Å². The first kappa shape index (κ1) is 15.0. The zero-order valence-corrected chi connectivity index (χ0v) is 11.1. The van der Waals surface area contributed by atoms with Crippen LogP contribution in [0.15, 0.2) is 0 Å². The van der Waals surface area contributed by atoms with E-state index in [1.807, 2.05) is 0 Å². The van der Waals surface area contributed by atoms with Gasteiger partial charge >= 0.3 is 0 Å². The first-order chi connectivity index (χ1) is 7.31. The molecule has 1 aliphatic rings. The van der Waals surface area contributed by atoms with E-state index >= 15 is 0 Å². The lowest BCUT2D eigenvalue weighted by Crippen LogP contribution is -2.03. The highest BCUT2D eigenvalue weighted by molar-refractivity contribution is 4.49. The van der Waals surface area contributed by atoms with Crippen molar-refractivity contribution in [1.29, 1.82) is 0 Å². The molecule has 0 aromatic carbocycles. The van der Waals surface area contributed by atoms with Crippen LogP contribution in [0.1, 0.15) is 72.1 Å². The molecule has 1 unspecified atom stereocenters. The summed E-state index contributed by atoms with van der Waals surface area (Å²) in [5.41, 5.74) is 0. The summed E-state index contributed by atoms with van der Waals surface area (Å²) in [4.78, 5) is 0. The van der Waals surface area contributed by atoms with Crippen molar-refractivity contribution in [2.75, 3.05) is 13.2 Å². The average molecular weight is 214 g/mol. The summed E-state index contributed by atoms with van der Waals surface area (Å²) in [6, 6.07) is 0. The Balaban J connectivity index is 0.000000280. The predicted molar refractivity (Wildman–Crippen MR) is 68.3 cm³/mol. The van der Waals surface area contributed by atoms with E-state index in [1.165, 1.54) is 51.4 Å². The van der Waals surface area contributed by atoms with Crippen molar-refractivity contribution >= 4 is 0 Å². The number of rotatable bonds is 5. The van der Waals surface area contributed by atoms with Gasteiger partial charge in [-0.25, -0.2) is 0 Å². The van der Waals surface area contributed by atoms with E-state index in [9.17, 15) is 0 Å². The number of hydrogen-bond donors (Lipinski definition) is 0. The maximum Gasteiger partial charge on any atom is 0.0466 e. The zero-order chi connectivity index (χ0) is 11.4. The largest absolute Gasteiger partial charge is 0.381 e. The molecule has 0 aromatic rings. The highest BCUT2D eigenvalue weighted by Gasteiger charge is 1.96. The molecular formula is C14H30O. The Morgan fingerprint density at radius 2 is 1.67 bits per heavy atom. The third kappa shape index (κ3) is 11.9. The molecule has 0 bridgehead atoms. The summed E-state index contributed by atoms with van der Waals surface area (Å²) in [7, 11) is 0. The molecule has 0 saturated carbocycles. The van der Waals surface area contributed by atoms with Crippen LogP contribution in [0.25, 0.3) is 0 Å². The van der Waals surface area contributed by atoms with Crippen LogP contribution in [0.4, 0.5) is 0 Å². The molecule has 0 amide bonds. The Kier molecular flexibility index (Phi) is 12.0. The topological polar surface area (TPSA) is 9.23 Å². The minimum Gasteiger partial charge on any atom is -0.381 e. The van der Waals surface area contributed by atoms with Gasteiger partial charge in [-0.3, -0.25) is 0 Å². The molecule has 1 heterocycles. The van der Waals surface area contributed by atoms with Crippen molar-refractivity contribution in [3.63, 3.8) is 0 Å². The quantitative estimate of drug-likeness (QED) is 0.597. The first-order valence-electron chi connectivity index (χ1n) is 6.89. The minimum atomic E-state index is 0.955. The van der Waals surface area contributed by atoms with Gasteiger partial charge in [0.1, 0.15) is 0 Å². The monoisotopic (exact) mass is 214 g/mol. The first-order valence-corrected chi connectivity index (χ1v) is 6.89. The number of hydrogen-bond acceptors (Lipinski definition) is 1. The van der Waals surface area contributed by atoms with E-state index in [4.69, 9.17) is 4.74 Å². The molecule has 1 fully saturated rings. The molecule has 1 rings (SSSR count). The molecule has 1 saturated heterocycles. The zero-order valence-electron chi connectivity index (χ0n) is 11.1. The molecule has 1 atom stereocenters. The summed E-state index contributed by atoms with van der Waals surface area (Å²) < 4.78 is 5.07. The summed E-state index contributed by atoms with van der Waals surface area (Å²) in [6.45, 7) is 8.88. The van der Waals surface area contributed by atoms with Crippen molar-refractivity contribution in [3.8, 4) is 0 Å². The fourth-order valence-corrected chi connectivity index (χ4v) is 1.63. The second kappa shape index (κ2) is 12.0. The van der Waals surface area contributed by atoms with Crippen molar-refractivity contribution in [3.05, 3.63) is 0 Å². The fourth-order valence-electron chi connectivity index (χ4n) is 1.63. The lowest BCUT2D eigenvalue weighted by molar-refractivity contribution is 0.0968. The minimum absolute atomic E-state index is 0.955. The maximum atomic E-state index is 5.07. The van der Waals surface area contributed by atoms with Gasteiger partial charge in [0, 0.05) is 13.2 Å². The van der Waals surface area contributed by atoms with Gasteiger partial charge in [-0.1, -0.05) is 52.9 Å². The summed E-state index contributed by atoms with van der Waals surface area (Å²) in [5, 5.41) is 0. The number of ether oxygens (including phenoxy) is 1. The predicted octanol–water partition coefficient (Wildman–Crippen LogP) is 4.80. The van der Waals surface area contributed by atoms with Crippen molar-refractivity contribution in [2.24, 2.45) is 5.92 Å². The van der Waals surface area contributed by atoms with E-state index in [1.54, 1.807) is 0 Å². The normalized spacial score (nSPS) is 17.8. The van der Waals surface area contributed by atoms with Crippen LogP contribution in [0.5, 0.6) is 0 Å². The molecule has 0 radical (unpaired) electrons. The molecule has 92 valence electrons. The second-order valence-electron chi connectivity index (χ2n) is 4.68. The van der Waals surface area contributed by atoms with E-state index in [2.05, 4.69) is 20.8 Å². The van der Waals surface area contributed by atoms with Crippen molar-refractivity contribution in [2.45, 2.75) is 72.1 Å². The summed E-state index contributed by atoms with van der Waals surface area (Å²) in [5.74, 6) is 0.955. The molecule has 0 N–H and O–H groups in total. The van der Waals surface area contributed by atoms with E-state index in [-0.39, 0.29) is 0 Å². The smallest absolute Gasteiger partial charge is 0.0466 e. The highest BCUT2D eigenvalue weighted by Crippen LogP contribution is 2.11. The van der Waals surface area contributed by atoms with Crippen LogP contribution in [0.3, 0.4) is 0 Å². The second-order valence-corrected chi connectivity index (χ2v) is 4.68. The van der Waals surface area contributed by atoms with Gasteiger partial charge < -0.3 is 4.74 Å². The molecule has 0 aliphatic carbocycles. The Labute approximate surface area is 96.6 Å². The van der Waals surface area contributed by atoms with Gasteiger partial charge in [0.15, 0.2) is 0 Å². The lowest BCUT2D eigenvalue weighted by atomic mass is 10.0. The van der Waals surface area contributed by atoms with Gasteiger partial charge in [0.2, 0.25) is 0 Å². The maximum absolute atomic E-state index is 5.07. The van der Waals surface area contributed by atoms with Crippen LogP contribution >= 0.6 is 0 Å². The Morgan fingerprint density at radius 1 is 1.00 bits per heavy atom. The Hall–Kier alpha value is -0.0400. The summed E-state index contributed by atoms with van der Waals surface area (Å²) >= 11 is 0. The highest BCUT2D eigenvalue weighted by atomic mass is 16.5. The number of unbranched alkanes of at least 4 members (excludes halogenated alkanes) is 2. The van der Waals surface area contributed by atoms with Crippen LogP contribution in [0, 0.1) is 5.92 Å². The van der Waals surface area contributed by atoms with Crippen molar-refractivity contribution in [1.82, 2.24) is 0 Å². The van der Waals surface area contributed by atoms with Crippen LogP contribution < -0.4 is 0 Å². The van der Waals surface area contributed by atoms with Crippen LogP contribution in [0.2, 0.25) is 0 Å². The third-order valence-electron chi connectivity index (χ3n) is 3.07. The van der Waals surface area contributed by atoms with Gasteiger partial charge in [-0.2, -0.15) is 0 Å². The third-order valence-corrected chi connectivity index (χ3v) is 3.07. The van der Waals surface area contributed by atoms with Crippen molar-refractivity contribution < 1.29 is 4.74 Å². The lowest BCUT2D eigenvalue weighted by Gasteiger charge is -2.08. The van der Waals surface area contributed by atoms with Crippen LogP contribution in [-0.2, 0) is 4.74 Å². The van der Waals surface area contributed by atoms with E-state index in [0.717, 1.165) is 19.1 Å². The molecule has 1 heteroatoms. The molecule has 1 aliphatic heterocycles. The molecule has 1 nitrogen and oxygen atoms in total. The van der Waals surface area contributed by atoms with Gasteiger partial charge in [0.05, 0.1) is 0 Å². The van der Waals surface area contributed by atoms with Crippen LogP contribution in [-0.4, -0.2) is 13.2 Å². The van der Waals surface area contributed by atoms with Gasteiger partial charge in [0.25, 0.3) is 0 Å². The van der Waals surface area contributed by atoms with E-state index in [0.29, 0.717) is 0 Å².